The lowest BCUT2D eigenvalue weighted by Gasteiger charge is -2.45. The summed E-state index contributed by atoms with van der Waals surface area (Å²) in [4.78, 5) is 62.9. The van der Waals surface area contributed by atoms with Crippen LogP contribution in [0.15, 0.2) is 103 Å². The third kappa shape index (κ3) is 14.3. The SMILES string of the molecule is COCC(NC(=O)C(CCF)NCc1ccc(Cl)cc1Oc1ccc(-c2cnc(CN(C)C)n2C)cc1)C(=O)N[C@@]1(Cc2ccc(Cl)cc2)CCCN(C(=O)C(CC(=O)O)Cc2ccccc2)C1. The van der Waals surface area contributed by atoms with Gasteiger partial charge in [-0.3, -0.25) is 23.6 Å². The van der Waals surface area contributed by atoms with Crippen molar-refractivity contribution in [3.63, 3.8) is 0 Å². The molecule has 6 rings (SSSR count). The second kappa shape index (κ2) is 24.4. The maximum atomic E-state index is 14.4. The number of methoxy groups -OCH3 is 1. The molecule has 362 valence electrons. The van der Waals surface area contributed by atoms with Gasteiger partial charge in [0.1, 0.15) is 23.4 Å². The van der Waals surface area contributed by atoms with Crippen molar-refractivity contribution < 1.29 is 38.1 Å². The number of alkyl halides is 1. The van der Waals surface area contributed by atoms with E-state index in [1.54, 1.807) is 35.2 Å². The Balaban J connectivity index is 1.16. The minimum Gasteiger partial charge on any atom is -0.481 e. The molecule has 0 radical (unpaired) electrons. The van der Waals surface area contributed by atoms with Crippen LogP contribution in [0.1, 0.15) is 48.2 Å². The minimum atomic E-state index is -1.20. The van der Waals surface area contributed by atoms with E-state index in [0.717, 1.165) is 28.2 Å². The molecule has 2 heterocycles. The number of carbonyl (C=O) groups is 4. The fraction of sp³-hybridized carbons (Fsp3) is 0.392. The summed E-state index contributed by atoms with van der Waals surface area (Å²) in [5, 5.41) is 19.9. The number of aliphatic carboxylic acids is 1. The number of piperidine rings is 1. The van der Waals surface area contributed by atoms with Crippen LogP contribution in [0.4, 0.5) is 4.39 Å². The van der Waals surface area contributed by atoms with Crippen LogP contribution < -0.4 is 20.7 Å². The number of carboxylic acid groups (broad SMARTS) is 1. The molecule has 5 aromatic rings. The van der Waals surface area contributed by atoms with E-state index in [-0.39, 0.29) is 44.9 Å². The molecule has 14 nitrogen and oxygen atoms in total. The van der Waals surface area contributed by atoms with Gasteiger partial charge in [-0.2, -0.15) is 0 Å². The molecule has 1 saturated heterocycles. The first-order valence-corrected chi connectivity index (χ1v) is 23.3. The van der Waals surface area contributed by atoms with E-state index < -0.39 is 48.0 Å². The summed E-state index contributed by atoms with van der Waals surface area (Å²) in [7, 11) is 7.36. The summed E-state index contributed by atoms with van der Waals surface area (Å²) < 4.78 is 27.9. The van der Waals surface area contributed by atoms with E-state index in [1.807, 2.05) is 98.6 Å². The van der Waals surface area contributed by atoms with Crippen molar-refractivity contribution in [2.45, 2.75) is 69.2 Å². The Morgan fingerprint density at radius 2 is 1.65 bits per heavy atom. The lowest BCUT2D eigenvalue weighted by Crippen LogP contribution is -2.65. The number of imidazole rings is 1. The maximum absolute atomic E-state index is 14.4. The summed E-state index contributed by atoms with van der Waals surface area (Å²) in [6.45, 7) is 0.220. The Morgan fingerprint density at radius 1 is 0.926 bits per heavy atom. The van der Waals surface area contributed by atoms with Crippen LogP contribution in [0, 0.1) is 5.92 Å². The van der Waals surface area contributed by atoms with Crippen LogP contribution in [-0.2, 0) is 56.9 Å². The number of nitrogens with one attached hydrogen (secondary N) is 3. The van der Waals surface area contributed by atoms with Gasteiger partial charge in [-0.05, 0) is 106 Å². The smallest absolute Gasteiger partial charge is 0.304 e. The summed E-state index contributed by atoms with van der Waals surface area (Å²) in [6, 6.07) is 26.9. The van der Waals surface area contributed by atoms with Gasteiger partial charge >= 0.3 is 5.97 Å². The Labute approximate surface area is 407 Å². The van der Waals surface area contributed by atoms with Gasteiger partial charge in [-0.1, -0.05) is 71.7 Å². The lowest BCUT2D eigenvalue weighted by atomic mass is 9.82. The van der Waals surface area contributed by atoms with E-state index in [0.29, 0.717) is 59.5 Å². The van der Waals surface area contributed by atoms with Crippen LogP contribution in [-0.4, -0.2) is 113 Å². The van der Waals surface area contributed by atoms with Crippen molar-refractivity contribution in [3.05, 3.63) is 136 Å². The van der Waals surface area contributed by atoms with E-state index in [4.69, 9.17) is 32.7 Å². The van der Waals surface area contributed by atoms with E-state index in [9.17, 15) is 28.7 Å². The van der Waals surface area contributed by atoms with Crippen LogP contribution in [0.25, 0.3) is 11.3 Å². The molecule has 68 heavy (non-hydrogen) atoms. The summed E-state index contributed by atoms with van der Waals surface area (Å²) in [5.41, 5.74) is 3.22. The number of hydrogen-bond donors (Lipinski definition) is 4. The van der Waals surface area contributed by atoms with Gasteiger partial charge in [0.15, 0.2) is 0 Å². The molecule has 0 bridgehead atoms. The zero-order valence-corrected chi connectivity index (χ0v) is 40.4. The predicted octanol–water partition coefficient (Wildman–Crippen LogP) is 7.25. The fourth-order valence-electron chi connectivity index (χ4n) is 8.59. The molecular formula is C51H60Cl2FN7O7. The number of rotatable bonds is 23. The number of benzene rings is 4. The average molecular weight is 973 g/mol. The van der Waals surface area contributed by atoms with Crippen molar-refractivity contribution in [1.82, 2.24) is 35.3 Å². The second-order valence-corrected chi connectivity index (χ2v) is 18.5. The Kier molecular flexibility index (Phi) is 18.5. The van der Waals surface area contributed by atoms with Crippen molar-refractivity contribution in [1.29, 1.82) is 0 Å². The molecule has 4 atom stereocenters. The van der Waals surface area contributed by atoms with Gasteiger partial charge < -0.3 is 44.9 Å². The van der Waals surface area contributed by atoms with Crippen LogP contribution in [0.2, 0.25) is 10.0 Å². The second-order valence-electron chi connectivity index (χ2n) is 17.6. The number of halogens is 3. The predicted molar refractivity (Wildman–Crippen MR) is 260 cm³/mol. The monoisotopic (exact) mass is 971 g/mol. The zero-order chi connectivity index (χ0) is 48.8. The third-order valence-electron chi connectivity index (χ3n) is 12.0. The number of aromatic nitrogens is 2. The highest BCUT2D eigenvalue weighted by atomic mass is 35.5. The van der Waals surface area contributed by atoms with Crippen LogP contribution >= 0.6 is 23.2 Å². The van der Waals surface area contributed by atoms with Crippen molar-refractivity contribution in [2.75, 3.05) is 47.6 Å². The van der Waals surface area contributed by atoms with E-state index in [1.165, 1.54) is 7.11 Å². The quantitative estimate of drug-likeness (QED) is 0.0524. The highest BCUT2D eigenvalue weighted by molar-refractivity contribution is 6.31. The molecule has 1 aliphatic heterocycles. The van der Waals surface area contributed by atoms with Crippen LogP contribution in [0.5, 0.6) is 11.5 Å². The first kappa shape index (κ1) is 51.5. The average Bonchev–Trinajstić information content (AvgIpc) is 3.67. The molecule has 1 aliphatic rings. The molecule has 3 unspecified atom stereocenters. The molecule has 0 saturated carbocycles. The third-order valence-corrected chi connectivity index (χ3v) is 12.5. The maximum Gasteiger partial charge on any atom is 0.304 e. The number of nitrogens with zero attached hydrogens (tertiary/aromatic N) is 4. The van der Waals surface area contributed by atoms with E-state index in [2.05, 4.69) is 25.8 Å². The molecule has 17 heteroatoms. The molecular weight excluding hydrogens is 913 g/mol. The number of ether oxygens (including phenoxy) is 2. The normalized spacial score (nSPS) is 16.2. The van der Waals surface area contributed by atoms with Crippen molar-refractivity contribution >= 4 is 46.9 Å². The summed E-state index contributed by atoms with van der Waals surface area (Å²) >= 11 is 12.6. The first-order chi connectivity index (χ1) is 32.6. The molecule has 3 amide bonds. The Morgan fingerprint density at radius 3 is 2.32 bits per heavy atom. The summed E-state index contributed by atoms with van der Waals surface area (Å²) in [6.07, 6.45) is 2.82. The lowest BCUT2D eigenvalue weighted by molar-refractivity contribution is -0.146. The zero-order valence-electron chi connectivity index (χ0n) is 38.9. The number of likely N-dealkylation sites (tertiary alicyclic amines) is 1. The Hall–Kier alpha value is -5.84. The van der Waals surface area contributed by atoms with Gasteiger partial charge in [0.2, 0.25) is 17.7 Å². The molecule has 4 aromatic carbocycles. The highest BCUT2D eigenvalue weighted by Crippen LogP contribution is 2.32. The van der Waals surface area contributed by atoms with Gasteiger partial charge in [-0.15, -0.1) is 0 Å². The van der Waals surface area contributed by atoms with Gasteiger partial charge in [0, 0.05) is 55.0 Å². The number of hydrogen-bond acceptors (Lipinski definition) is 9. The van der Waals surface area contributed by atoms with E-state index >= 15 is 0 Å². The summed E-state index contributed by atoms with van der Waals surface area (Å²) in [5.74, 6) is -1.52. The Bertz CT molecular complexity index is 2480. The molecule has 4 N–H and O–H groups in total. The topological polar surface area (TPSA) is 167 Å². The molecule has 1 fully saturated rings. The first-order valence-electron chi connectivity index (χ1n) is 22.6. The van der Waals surface area contributed by atoms with Gasteiger partial charge in [0.05, 0.1) is 55.6 Å². The fourth-order valence-corrected chi connectivity index (χ4v) is 8.88. The van der Waals surface area contributed by atoms with Crippen LogP contribution in [0.3, 0.4) is 0 Å². The standard InChI is InChI=1S/C51H60Cl2FN7O7/c1-59(2)31-46-56-30-44(60(46)3)36-14-19-41(20-15-36)68-45-27-40(53)18-13-37(45)29-55-42(21-23-54)48(64)57-43(32-67-4)49(65)58-51(28-35-11-16-39(52)17-12-35)22-8-24-61(33-51)50(66)38(26-47(62)63)25-34-9-6-5-7-10-34/h5-7,9-20,27,30,38,42-43,55H,8,21-26,28-29,31-33H2,1-4H3,(H,57,64)(H,58,65)(H,62,63)/t38?,42?,43?,51-/m1/s1. The largest absolute Gasteiger partial charge is 0.481 e. The van der Waals surface area contributed by atoms with Gasteiger partial charge in [0.25, 0.3) is 0 Å². The molecule has 1 aromatic heterocycles. The number of carboxylic acids is 1. The minimum absolute atomic E-state index is 0.0860. The molecule has 0 aliphatic carbocycles. The van der Waals surface area contributed by atoms with Crippen molar-refractivity contribution in [2.24, 2.45) is 13.0 Å². The highest BCUT2D eigenvalue weighted by Gasteiger charge is 2.42. The molecule has 0 spiro atoms. The number of amides is 3. The van der Waals surface area contributed by atoms with Crippen molar-refractivity contribution in [3.8, 4) is 22.8 Å². The number of carbonyl (C=O) groups excluding carboxylic acids is 3. The van der Waals surface area contributed by atoms with Gasteiger partial charge in [-0.25, -0.2) is 4.98 Å².